The van der Waals surface area contributed by atoms with E-state index in [0.29, 0.717) is 11.7 Å². The lowest BCUT2D eigenvalue weighted by molar-refractivity contribution is 0.188. The molecule has 0 aliphatic carbocycles. The molecule has 0 unspecified atom stereocenters. The Bertz CT molecular complexity index is 1180. The summed E-state index contributed by atoms with van der Waals surface area (Å²) in [6.45, 7) is 6.48. The Morgan fingerprint density at radius 1 is 1.03 bits per heavy atom. The molecule has 3 N–H and O–H groups in total. The maximum absolute atomic E-state index is 9.17. The van der Waals surface area contributed by atoms with Gasteiger partial charge in [-0.2, -0.15) is 0 Å². The van der Waals surface area contributed by atoms with Gasteiger partial charge in [0, 0.05) is 57.6 Å². The normalized spacial score (nSPS) is 16.9. The summed E-state index contributed by atoms with van der Waals surface area (Å²) in [5, 5.41) is 17.4. The number of amidine groups is 1. The number of imidazole rings is 1. The molecule has 35 heavy (non-hydrogen) atoms. The third kappa shape index (κ3) is 5.58. The third-order valence-corrected chi connectivity index (χ3v) is 6.62. The van der Waals surface area contributed by atoms with Crippen molar-refractivity contribution in [3.8, 4) is 22.6 Å². The summed E-state index contributed by atoms with van der Waals surface area (Å²) in [5.41, 5.74) is 3.56. The molecule has 0 spiro atoms. The molecule has 0 radical (unpaired) electrons. The summed E-state index contributed by atoms with van der Waals surface area (Å²) >= 11 is 0. The Balaban J connectivity index is 1.28. The van der Waals surface area contributed by atoms with Gasteiger partial charge in [0.25, 0.3) is 0 Å². The molecule has 0 aromatic carbocycles. The van der Waals surface area contributed by atoms with Gasteiger partial charge in [-0.3, -0.25) is 10.3 Å². The standard InChI is InChI=1S/C26H32N8O/c27-24(33-10-1-2-11-33)6-7-25-29-19-23(31-25)22-5-3-4-21(30-22)20-8-9-28-26(18-20)34-14-12-32(13-15-34)16-17-35/h3-9,18-19,27,35H,1-2,10-17H2,(H,29,31)/b7-6-,27-24?. The maximum Gasteiger partial charge on any atom is 0.130 e. The lowest BCUT2D eigenvalue weighted by Crippen LogP contribution is -2.47. The van der Waals surface area contributed by atoms with Crippen LogP contribution in [0.4, 0.5) is 5.82 Å². The van der Waals surface area contributed by atoms with E-state index in [4.69, 9.17) is 15.5 Å². The first-order valence-electron chi connectivity index (χ1n) is 12.3. The summed E-state index contributed by atoms with van der Waals surface area (Å²) in [6.07, 6.45) is 9.60. The number of aromatic amines is 1. The van der Waals surface area contributed by atoms with Gasteiger partial charge < -0.3 is 19.9 Å². The zero-order valence-electron chi connectivity index (χ0n) is 19.9. The second-order valence-corrected chi connectivity index (χ2v) is 8.96. The van der Waals surface area contributed by atoms with Crippen molar-refractivity contribution in [3.05, 3.63) is 54.6 Å². The average molecular weight is 473 g/mol. The monoisotopic (exact) mass is 472 g/mol. The first kappa shape index (κ1) is 23.2. The molecule has 2 aliphatic rings. The van der Waals surface area contributed by atoms with Crippen molar-refractivity contribution < 1.29 is 5.11 Å². The first-order valence-corrected chi connectivity index (χ1v) is 12.3. The number of likely N-dealkylation sites (tertiary alicyclic amines) is 1. The number of nitrogens with one attached hydrogen (secondary N) is 2. The molecular formula is C26H32N8O. The fourth-order valence-electron chi connectivity index (χ4n) is 4.61. The van der Waals surface area contributed by atoms with E-state index in [1.807, 2.05) is 36.5 Å². The predicted octanol–water partition coefficient (Wildman–Crippen LogP) is 2.73. The maximum atomic E-state index is 9.17. The lowest BCUT2D eigenvalue weighted by Gasteiger charge is -2.35. The number of aliphatic hydroxyl groups excluding tert-OH is 1. The predicted molar refractivity (Wildman–Crippen MR) is 138 cm³/mol. The molecule has 5 heterocycles. The van der Waals surface area contributed by atoms with Crippen LogP contribution in [-0.4, -0.2) is 93.1 Å². The number of pyridine rings is 2. The molecule has 2 fully saturated rings. The van der Waals surface area contributed by atoms with E-state index >= 15 is 0 Å². The van der Waals surface area contributed by atoms with E-state index in [1.165, 1.54) is 0 Å². The van der Waals surface area contributed by atoms with Gasteiger partial charge in [-0.15, -0.1) is 0 Å². The van der Waals surface area contributed by atoms with Gasteiger partial charge >= 0.3 is 0 Å². The number of piperazine rings is 1. The highest BCUT2D eigenvalue weighted by atomic mass is 16.3. The van der Waals surface area contributed by atoms with Crippen molar-refractivity contribution in [1.29, 1.82) is 5.41 Å². The summed E-state index contributed by atoms with van der Waals surface area (Å²) in [7, 11) is 0. The molecule has 2 aliphatic heterocycles. The van der Waals surface area contributed by atoms with Crippen molar-refractivity contribution in [2.75, 3.05) is 57.3 Å². The smallest absolute Gasteiger partial charge is 0.130 e. The van der Waals surface area contributed by atoms with E-state index in [2.05, 4.69) is 35.7 Å². The van der Waals surface area contributed by atoms with Crippen molar-refractivity contribution >= 4 is 17.7 Å². The van der Waals surface area contributed by atoms with Gasteiger partial charge in [-0.25, -0.2) is 15.0 Å². The summed E-state index contributed by atoms with van der Waals surface area (Å²) in [4.78, 5) is 23.9. The van der Waals surface area contributed by atoms with Crippen molar-refractivity contribution in [2.45, 2.75) is 12.8 Å². The second kappa shape index (κ2) is 10.8. The largest absolute Gasteiger partial charge is 0.395 e. The number of nitrogens with zero attached hydrogens (tertiary/aromatic N) is 6. The van der Waals surface area contributed by atoms with Crippen LogP contribution >= 0.6 is 0 Å². The van der Waals surface area contributed by atoms with Crippen molar-refractivity contribution in [3.63, 3.8) is 0 Å². The third-order valence-electron chi connectivity index (χ3n) is 6.62. The molecule has 0 atom stereocenters. The van der Waals surface area contributed by atoms with Gasteiger partial charge in [-0.05, 0) is 49.3 Å². The Hall–Kier alpha value is -3.56. The number of anilines is 1. The van der Waals surface area contributed by atoms with Gasteiger partial charge in [0.1, 0.15) is 17.5 Å². The van der Waals surface area contributed by atoms with Gasteiger partial charge in [-0.1, -0.05) is 6.07 Å². The van der Waals surface area contributed by atoms with Gasteiger partial charge in [0.2, 0.25) is 0 Å². The SMILES string of the molecule is N=C(/C=C\c1ncc(-c2cccc(-c3ccnc(N4CCN(CCO)CC4)c3)n2)[nH]1)N1CCCC1. The molecule has 9 nitrogen and oxygen atoms in total. The van der Waals surface area contributed by atoms with Crippen LogP contribution < -0.4 is 4.90 Å². The van der Waals surface area contributed by atoms with Gasteiger partial charge in [0.15, 0.2) is 0 Å². The van der Waals surface area contributed by atoms with E-state index < -0.39 is 0 Å². The molecule has 0 bridgehead atoms. The molecule has 3 aromatic rings. The molecule has 9 heteroatoms. The van der Waals surface area contributed by atoms with E-state index in [1.54, 1.807) is 12.3 Å². The number of H-pyrrole nitrogens is 1. The Morgan fingerprint density at radius 2 is 1.83 bits per heavy atom. The molecule has 5 rings (SSSR count). The number of hydrogen-bond donors (Lipinski definition) is 3. The summed E-state index contributed by atoms with van der Waals surface area (Å²) in [5.74, 6) is 2.19. The Labute approximate surface area is 205 Å². The van der Waals surface area contributed by atoms with Crippen LogP contribution in [0.25, 0.3) is 28.7 Å². The number of rotatable bonds is 7. The van der Waals surface area contributed by atoms with Crippen LogP contribution in [-0.2, 0) is 0 Å². The average Bonchev–Trinajstić information content (AvgIpc) is 3.61. The van der Waals surface area contributed by atoms with Gasteiger partial charge in [0.05, 0.1) is 29.9 Å². The highest BCUT2D eigenvalue weighted by molar-refractivity contribution is 5.93. The molecule has 3 aromatic heterocycles. The topological polar surface area (TPSA) is 108 Å². The summed E-state index contributed by atoms with van der Waals surface area (Å²) in [6, 6.07) is 10.1. The van der Waals surface area contributed by atoms with E-state index in [9.17, 15) is 0 Å². The van der Waals surface area contributed by atoms with Crippen LogP contribution in [0.1, 0.15) is 18.7 Å². The highest BCUT2D eigenvalue weighted by Gasteiger charge is 2.18. The second-order valence-electron chi connectivity index (χ2n) is 8.96. The number of aromatic nitrogens is 4. The minimum Gasteiger partial charge on any atom is -0.395 e. The van der Waals surface area contributed by atoms with Crippen molar-refractivity contribution in [1.82, 2.24) is 29.7 Å². The van der Waals surface area contributed by atoms with Crippen LogP contribution in [0.2, 0.25) is 0 Å². The fraction of sp³-hybridized carbons (Fsp3) is 0.385. The quantitative estimate of drug-likeness (QED) is 0.358. The van der Waals surface area contributed by atoms with Crippen LogP contribution in [0, 0.1) is 5.41 Å². The zero-order chi connectivity index (χ0) is 24.0. The molecule has 182 valence electrons. The van der Waals surface area contributed by atoms with Crippen molar-refractivity contribution in [2.24, 2.45) is 0 Å². The lowest BCUT2D eigenvalue weighted by atomic mass is 10.1. The van der Waals surface area contributed by atoms with Crippen LogP contribution in [0.15, 0.2) is 48.8 Å². The first-order chi connectivity index (χ1) is 17.2. The van der Waals surface area contributed by atoms with Crippen LogP contribution in [0.5, 0.6) is 0 Å². The molecular weight excluding hydrogens is 440 g/mol. The number of aliphatic hydroxyl groups is 1. The summed E-state index contributed by atoms with van der Waals surface area (Å²) < 4.78 is 0. The van der Waals surface area contributed by atoms with E-state index in [-0.39, 0.29) is 6.61 Å². The Morgan fingerprint density at radius 3 is 2.63 bits per heavy atom. The van der Waals surface area contributed by atoms with Crippen LogP contribution in [0.3, 0.4) is 0 Å². The highest BCUT2D eigenvalue weighted by Crippen LogP contribution is 2.25. The number of β-amino-alcohol motifs (C(OH)–C–C–N with tert-alkyl or cyclic N) is 1. The number of hydrogen-bond acceptors (Lipinski definition) is 7. The minimum absolute atomic E-state index is 0.201. The minimum atomic E-state index is 0.201. The van der Waals surface area contributed by atoms with E-state index in [0.717, 1.165) is 87.1 Å². The Kier molecular flexibility index (Phi) is 7.15. The molecule has 0 saturated carbocycles. The zero-order valence-corrected chi connectivity index (χ0v) is 19.9. The fourth-order valence-corrected chi connectivity index (χ4v) is 4.61. The molecule has 2 saturated heterocycles. The molecule has 0 amide bonds.